The molecule has 0 saturated heterocycles. The standard InChI is InChI=1S/C7H6N2O3/c1-5-2-3-7(9(11)12)8-6(5)4-10/h2-4H,1H3. The van der Waals surface area contributed by atoms with Gasteiger partial charge in [0.1, 0.15) is 0 Å². The third-order valence-electron chi connectivity index (χ3n) is 1.42. The minimum Gasteiger partial charge on any atom is -0.358 e. The molecule has 0 amide bonds. The predicted molar refractivity (Wildman–Crippen MR) is 41.0 cm³/mol. The molecule has 0 N–H and O–H groups in total. The molecule has 0 aliphatic heterocycles. The number of nitrogens with zero attached hydrogens (tertiary/aromatic N) is 2. The van der Waals surface area contributed by atoms with Gasteiger partial charge < -0.3 is 10.1 Å². The molecule has 0 atom stereocenters. The van der Waals surface area contributed by atoms with Gasteiger partial charge >= 0.3 is 5.82 Å². The second kappa shape index (κ2) is 3.08. The molecule has 0 unspecified atom stereocenters. The van der Waals surface area contributed by atoms with Gasteiger partial charge in [-0.25, -0.2) is 0 Å². The van der Waals surface area contributed by atoms with E-state index in [0.717, 1.165) is 0 Å². The van der Waals surface area contributed by atoms with E-state index in [9.17, 15) is 14.9 Å². The fourth-order valence-corrected chi connectivity index (χ4v) is 0.755. The van der Waals surface area contributed by atoms with Crippen LogP contribution in [0, 0.1) is 17.0 Å². The summed E-state index contributed by atoms with van der Waals surface area (Å²) in [5.41, 5.74) is 0.750. The summed E-state index contributed by atoms with van der Waals surface area (Å²) in [7, 11) is 0. The average Bonchev–Trinajstić information content (AvgIpc) is 2.05. The average molecular weight is 166 g/mol. The molecule has 0 radical (unpaired) electrons. The molecule has 0 spiro atoms. The minimum atomic E-state index is -0.632. The van der Waals surface area contributed by atoms with E-state index in [1.54, 1.807) is 6.92 Å². The fourth-order valence-electron chi connectivity index (χ4n) is 0.755. The molecule has 5 heteroatoms. The van der Waals surface area contributed by atoms with E-state index in [1.807, 2.05) is 0 Å². The molecule has 0 aromatic carbocycles. The van der Waals surface area contributed by atoms with Gasteiger partial charge in [-0.1, -0.05) is 0 Å². The summed E-state index contributed by atoms with van der Waals surface area (Å²) in [5, 5.41) is 10.2. The van der Waals surface area contributed by atoms with Gasteiger partial charge in [0.05, 0.1) is 0 Å². The highest BCUT2D eigenvalue weighted by atomic mass is 16.6. The SMILES string of the molecule is Cc1ccc([N+](=O)[O-])nc1C=O. The lowest BCUT2D eigenvalue weighted by Gasteiger charge is -1.93. The summed E-state index contributed by atoms with van der Waals surface area (Å²) in [6, 6.07) is 2.76. The maximum Gasteiger partial charge on any atom is 0.364 e. The van der Waals surface area contributed by atoms with Crippen LogP contribution in [0.15, 0.2) is 12.1 Å². The lowest BCUT2D eigenvalue weighted by molar-refractivity contribution is -0.389. The van der Waals surface area contributed by atoms with Crippen molar-refractivity contribution in [2.45, 2.75) is 6.92 Å². The fraction of sp³-hybridized carbons (Fsp3) is 0.143. The van der Waals surface area contributed by atoms with Crippen LogP contribution in [-0.2, 0) is 0 Å². The van der Waals surface area contributed by atoms with Crippen LogP contribution in [0.1, 0.15) is 16.1 Å². The monoisotopic (exact) mass is 166 g/mol. The van der Waals surface area contributed by atoms with Gasteiger partial charge in [-0.3, -0.25) is 4.79 Å². The number of aldehydes is 1. The van der Waals surface area contributed by atoms with E-state index in [4.69, 9.17) is 0 Å². The number of pyridine rings is 1. The zero-order valence-electron chi connectivity index (χ0n) is 6.35. The summed E-state index contributed by atoms with van der Waals surface area (Å²) in [6.07, 6.45) is 0.502. The molecule has 1 aromatic heterocycles. The van der Waals surface area contributed by atoms with Crippen LogP contribution in [0.4, 0.5) is 5.82 Å². The zero-order valence-corrected chi connectivity index (χ0v) is 6.35. The Hall–Kier alpha value is -1.78. The molecule has 62 valence electrons. The first-order valence-corrected chi connectivity index (χ1v) is 3.22. The van der Waals surface area contributed by atoms with Crippen LogP contribution < -0.4 is 0 Å². The third-order valence-corrected chi connectivity index (χ3v) is 1.42. The first-order chi connectivity index (χ1) is 5.65. The van der Waals surface area contributed by atoms with Crippen LogP contribution in [-0.4, -0.2) is 16.2 Å². The van der Waals surface area contributed by atoms with Gasteiger partial charge in [0, 0.05) is 11.6 Å². The second-order valence-corrected chi connectivity index (χ2v) is 2.25. The number of rotatable bonds is 2. The number of aryl methyl sites for hydroxylation is 1. The van der Waals surface area contributed by atoms with E-state index < -0.39 is 4.92 Å². The molecule has 12 heavy (non-hydrogen) atoms. The Morgan fingerprint density at radius 2 is 2.25 bits per heavy atom. The highest BCUT2D eigenvalue weighted by Gasteiger charge is 2.11. The Labute approximate surface area is 68.2 Å². The Morgan fingerprint density at radius 3 is 2.75 bits per heavy atom. The van der Waals surface area contributed by atoms with Crippen molar-refractivity contribution < 1.29 is 9.72 Å². The van der Waals surface area contributed by atoms with Crippen molar-refractivity contribution >= 4 is 12.1 Å². The van der Waals surface area contributed by atoms with Crippen molar-refractivity contribution in [2.75, 3.05) is 0 Å². The minimum absolute atomic E-state index is 0.115. The smallest absolute Gasteiger partial charge is 0.358 e. The lowest BCUT2D eigenvalue weighted by Crippen LogP contribution is -1.97. The zero-order chi connectivity index (χ0) is 9.14. The summed E-state index contributed by atoms with van der Waals surface area (Å²) < 4.78 is 0. The van der Waals surface area contributed by atoms with Crippen molar-refractivity contribution in [1.82, 2.24) is 4.98 Å². The van der Waals surface area contributed by atoms with Crippen LogP contribution in [0.2, 0.25) is 0 Å². The van der Waals surface area contributed by atoms with Crippen LogP contribution in [0.3, 0.4) is 0 Å². The van der Waals surface area contributed by atoms with E-state index in [2.05, 4.69) is 4.98 Å². The Morgan fingerprint density at radius 1 is 1.58 bits per heavy atom. The van der Waals surface area contributed by atoms with Gasteiger partial charge in [-0.15, -0.1) is 0 Å². The molecule has 0 aliphatic carbocycles. The van der Waals surface area contributed by atoms with Crippen molar-refractivity contribution in [1.29, 1.82) is 0 Å². The number of hydrogen-bond acceptors (Lipinski definition) is 4. The lowest BCUT2D eigenvalue weighted by atomic mass is 10.2. The van der Waals surface area contributed by atoms with E-state index >= 15 is 0 Å². The van der Waals surface area contributed by atoms with Crippen LogP contribution >= 0.6 is 0 Å². The first-order valence-electron chi connectivity index (χ1n) is 3.22. The van der Waals surface area contributed by atoms with Gasteiger partial charge in [0.25, 0.3) is 0 Å². The molecule has 0 bridgehead atoms. The third kappa shape index (κ3) is 1.45. The Kier molecular flexibility index (Phi) is 2.14. The maximum absolute atomic E-state index is 10.3. The Bertz CT molecular complexity index is 335. The maximum atomic E-state index is 10.3. The van der Waals surface area contributed by atoms with E-state index in [1.165, 1.54) is 12.1 Å². The second-order valence-electron chi connectivity index (χ2n) is 2.25. The number of carbonyl (C=O) groups excluding carboxylic acids is 1. The van der Waals surface area contributed by atoms with Crippen LogP contribution in [0.25, 0.3) is 0 Å². The molecule has 0 saturated carbocycles. The van der Waals surface area contributed by atoms with Gasteiger partial charge in [0.15, 0.2) is 6.29 Å². The summed E-state index contributed by atoms with van der Waals surface area (Å²) in [5.74, 6) is -0.303. The number of nitro groups is 1. The first kappa shape index (κ1) is 8.32. The predicted octanol–water partition coefficient (Wildman–Crippen LogP) is 1.11. The largest absolute Gasteiger partial charge is 0.364 e. The van der Waals surface area contributed by atoms with Crippen LogP contribution in [0.5, 0.6) is 0 Å². The summed E-state index contributed by atoms with van der Waals surface area (Å²) >= 11 is 0. The van der Waals surface area contributed by atoms with Crippen molar-refractivity contribution in [3.63, 3.8) is 0 Å². The highest BCUT2D eigenvalue weighted by Crippen LogP contribution is 2.10. The topological polar surface area (TPSA) is 73.1 Å². The molecule has 1 rings (SSSR count). The molecule has 1 heterocycles. The van der Waals surface area contributed by atoms with E-state index in [-0.39, 0.29) is 11.5 Å². The van der Waals surface area contributed by atoms with Gasteiger partial charge in [-0.05, 0) is 22.9 Å². The number of carbonyl (C=O) groups is 1. The molecular formula is C7H6N2O3. The molecular weight excluding hydrogens is 160 g/mol. The molecule has 0 aliphatic rings. The van der Waals surface area contributed by atoms with Crippen molar-refractivity contribution in [3.8, 4) is 0 Å². The number of hydrogen-bond donors (Lipinski definition) is 0. The Balaban J connectivity index is 3.22. The molecule has 0 fully saturated rings. The molecule has 5 nitrogen and oxygen atoms in total. The normalized spacial score (nSPS) is 9.42. The number of aromatic nitrogens is 1. The highest BCUT2D eigenvalue weighted by molar-refractivity contribution is 5.74. The van der Waals surface area contributed by atoms with Gasteiger partial charge in [0.2, 0.25) is 5.69 Å². The van der Waals surface area contributed by atoms with Crippen molar-refractivity contribution in [3.05, 3.63) is 33.5 Å². The van der Waals surface area contributed by atoms with Crippen molar-refractivity contribution in [2.24, 2.45) is 0 Å². The van der Waals surface area contributed by atoms with Gasteiger partial charge in [-0.2, -0.15) is 0 Å². The van der Waals surface area contributed by atoms with E-state index in [0.29, 0.717) is 11.8 Å². The summed E-state index contributed by atoms with van der Waals surface area (Å²) in [6.45, 7) is 1.67. The summed E-state index contributed by atoms with van der Waals surface area (Å²) in [4.78, 5) is 23.4. The molecule has 1 aromatic rings. The quantitative estimate of drug-likeness (QED) is 0.374.